The van der Waals surface area contributed by atoms with Crippen LogP contribution in [0.3, 0.4) is 0 Å². The average molecular weight is 259 g/mol. The fraction of sp³-hybridized carbons (Fsp3) is 0.455. The summed E-state index contributed by atoms with van der Waals surface area (Å²) in [4.78, 5) is 0. The van der Waals surface area contributed by atoms with Gasteiger partial charge in [0.25, 0.3) is 0 Å². The Morgan fingerprint density at radius 2 is 1.93 bits per heavy atom. The second-order valence-electron chi connectivity index (χ2n) is 3.35. The summed E-state index contributed by atoms with van der Waals surface area (Å²) >= 11 is 3.24. The zero-order valence-corrected chi connectivity index (χ0v) is 9.74. The second-order valence-corrected chi connectivity index (χ2v) is 4.14. The Bertz CT molecular complexity index is 288. The topological polar surface area (TPSA) is 40.5 Å². The van der Waals surface area contributed by atoms with E-state index in [1.165, 1.54) is 0 Å². The third-order valence-corrected chi connectivity index (χ3v) is 2.73. The minimum Gasteiger partial charge on any atom is -0.390 e. The van der Waals surface area contributed by atoms with Crippen molar-refractivity contribution in [2.75, 3.05) is 5.33 Å². The highest BCUT2D eigenvalue weighted by Gasteiger charge is 2.18. The molecular weight excluding hydrogens is 244 g/mol. The van der Waals surface area contributed by atoms with E-state index in [2.05, 4.69) is 15.9 Å². The summed E-state index contributed by atoms with van der Waals surface area (Å²) in [6.45, 7) is 1.93. The highest BCUT2D eigenvalue weighted by molar-refractivity contribution is 9.09. The highest BCUT2D eigenvalue weighted by atomic mass is 79.9. The lowest BCUT2D eigenvalue weighted by atomic mass is 9.98. The first-order valence-electron chi connectivity index (χ1n) is 4.64. The molecule has 2 unspecified atom stereocenters. The van der Waals surface area contributed by atoms with Crippen LogP contribution >= 0.6 is 15.9 Å². The summed E-state index contributed by atoms with van der Waals surface area (Å²) in [6.07, 6.45) is -0.931. The molecule has 0 heterocycles. The molecule has 78 valence electrons. The molecule has 0 radical (unpaired) electrons. The van der Waals surface area contributed by atoms with Crippen molar-refractivity contribution in [2.45, 2.75) is 25.6 Å². The standard InChI is InChI=1S/C11H15BrO2/c1-8-4-2-3-5-9(8)11(14)10(13)6-7-12/h2-5,10-11,13-14H,6-7H2,1H3. The van der Waals surface area contributed by atoms with Crippen molar-refractivity contribution in [3.8, 4) is 0 Å². The smallest absolute Gasteiger partial charge is 0.105 e. The zero-order chi connectivity index (χ0) is 10.6. The molecular formula is C11H15BrO2. The molecule has 0 saturated heterocycles. The molecule has 0 saturated carbocycles. The normalized spacial score (nSPS) is 15.1. The molecule has 14 heavy (non-hydrogen) atoms. The molecule has 0 bridgehead atoms. The van der Waals surface area contributed by atoms with Crippen molar-refractivity contribution in [3.63, 3.8) is 0 Å². The molecule has 1 aromatic rings. The summed E-state index contributed by atoms with van der Waals surface area (Å²) in [7, 11) is 0. The Morgan fingerprint density at radius 3 is 2.50 bits per heavy atom. The van der Waals surface area contributed by atoms with Gasteiger partial charge in [0.2, 0.25) is 0 Å². The van der Waals surface area contributed by atoms with Gasteiger partial charge in [-0.15, -0.1) is 0 Å². The number of hydrogen-bond acceptors (Lipinski definition) is 2. The van der Waals surface area contributed by atoms with Crippen molar-refractivity contribution >= 4 is 15.9 Å². The molecule has 1 aromatic carbocycles. The van der Waals surface area contributed by atoms with Gasteiger partial charge in [-0.25, -0.2) is 0 Å². The Kier molecular flexibility index (Phi) is 4.58. The van der Waals surface area contributed by atoms with Crippen LogP contribution < -0.4 is 0 Å². The van der Waals surface area contributed by atoms with E-state index >= 15 is 0 Å². The minimum atomic E-state index is -0.784. The van der Waals surface area contributed by atoms with Gasteiger partial charge in [-0.05, 0) is 24.5 Å². The Balaban J connectivity index is 2.78. The van der Waals surface area contributed by atoms with Crippen LogP contribution in [0.5, 0.6) is 0 Å². The fourth-order valence-corrected chi connectivity index (χ4v) is 1.86. The van der Waals surface area contributed by atoms with Crippen LogP contribution in [0.15, 0.2) is 24.3 Å². The number of alkyl halides is 1. The predicted octanol–water partition coefficient (Wildman–Crippen LogP) is 2.17. The largest absolute Gasteiger partial charge is 0.390 e. The first kappa shape index (κ1) is 11.7. The number of halogens is 1. The molecule has 0 aliphatic carbocycles. The zero-order valence-electron chi connectivity index (χ0n) is 8.15. The fourth-order valence-electron chi connectivity index (χ4n) is 1.40. The van der Waals surface area contributed by atoms with Crippen LogP contribution in [0.2, 0.25) is 0 Å². The third kappa shape index (κ3) is 2.80. The molecule has 2 atom stereocenters. The lowest BCUT2D eigenvalue weighted by Gasteiger charge is -2.18. The van der Waals surface area contributed by atoms with E-state index in [4.69, 9.17) is 0 Å². The second kappa shape index (κ2) is 5.49. The third-order valence-electron chi connectivity index (χ3n) is 2.28. The number of rotatable bonds is 4. The summed E-state index contributed by atoms with van der Waals surface area (Å²) in [5, 5.41) is 20.1. The number of aliphatic hydroxyl groups excluding tert-OH is 2. The number of benzene rings is 1. The average Bonchev–Trinajstić information content (AvgIpc) is 2.18. The molecule has 1 rings (SSSR count). The number of aliphatic hydroxyl groups is 2. The van der Waals surface area contributed by atoms with Crippen LogP contribution in [0.1, 0.15) is 23.7 Å². The summed E-state index contributed by atoms with van der Waals surface area (Å²) in [5.41, 5.74) is 1.81. The van der Waals surface area contributed by atoms with Gasteiger partial charge >= 0.3 is 0 Å². The van der Waals surface area contributed by atoms with E-state index in [0.717, 1.165) is 11.1 Å². The molecule has 0 spiro atoms. The maximum Gasteiger partial charge on any atom is 0.105 e. The summed E-state index contributed by atoms with van der Waals surface area (Å²) in [6, 6.07) is 7.56. The SMILES string of the molecule is Cc1ccccc1C(O)C(O)CCBr. The van der Waals surface area contributed by atoms with Gasteiger partial charge in [-0.2, -0.15) is 0 Å². The van der Waals surface area contributed by atoms with Crippen molar-refractivity contribution in [1.82, 2.24) is 0 Å². The van der Waals surface area contributed by atoms with E-state index in [1.807, 2.05) is 31.2 Å². The van der Waals surface area contributed by atoms with Gasteiger partial charge < -0.3 is 10.2 Å². The molecule has 0 aromatic heterocycles. The quantitative estimate of drug-likeness (QED) is 0.813. The summed E-state index contributed by atoms with van der Waals surface area (Å²) in [5.74, 6) is 0. The predicted molar refractivity (Wildman–Crippen MR) is 60.6 cm³/mol. The van der Waals surface area contributed by atoms with Gasteiger partial charge in [0.1, 0.15) is 6.10 Å². The Labute approximate surface area is 92.7 Å². The molecule has 0 amide bonds. The van der Waals surface area contributed by atoms with Crippen LogP contribution in [0, 0.1) is 6.92 Å². The van der Waals surface area contributed by atoms with E-state index in [0.29, 0.717) is 11.8 Å². The molecule has 2 N–H and O–H groups in total. The first-order chi connectivity index (χ1) is 6.66. The molecule has 0 aliphatic rings. The Hall–Kier alpha value is -0.380. The van der Waals surface area contributed by atoms with Gasteiger partial charge in [-0.3, -0.25) is 0 Å². The minimum absolute atomic E-state index is 0.551. The van der Waals surface area contributed by atoms with Crippen LogP contribution in [-0.4, -0.2) is 21.6 Å². The van der Waals surface area contributed by atoms with Gasteiger partial charge in [0.15, 0.2) is 0 Å². The van der Waals surface area contributed by atoms with Gasteiger partial charge in [0.05, 0.1) is 6.10 Å². The maximum absolute atomic E-state index is 9.83. The number of aryl methyl sites for hydroxylation is 1. The van der Waals surface area contributed by atoms with E-state index in [9.17, 15) is 10.2 Å². The molecule has 2 nitrogen and oxygen atoms in total. The van der Waals surface area contributed by atoms with Crippen molar-refractivity contribution < 1.29 is 10.2 Å². The lowest BCUT2D eigenvalue weighted by molar-refractivity contribution is 0.0170. The Morgan fingerprint density at radius 1 is 1.29 bits per heavy atom. The molecule has 0 fully saturated rings. The number of hydrogen-bond donors (Lipinski definition) is 2. The molecule has 3 heteroatoms. The van der Waals surface area contributed by atoms with Gasteiger partial charge in [0, 0.05) is 5.33 Å². The maximum atomic E-state index is 9.83. The van der Waals surface area contributed by atoms with Gasteiger partial charge in [-0.1, -0.05) is 40.2 Å². The van der Waals surface area contributed by atoms with Crippen molar-refractivity contribution in [2.24, 2.45) is 0 Å². The summed E-state index contributed by atoms with van der Waals surface area (Å²) < 4.78 is 0. The van der Waals surface area contributed by atoms with Crippen LogP contribution in [-0.2, 0) is 0 Å². The monoisotopic (exact) mass is 258 g/mol. The first-order valence-corrected chi connectivity index (χ1v) is 5.76. The van der Waals surface area contributed by atoms with Crippen LogP contribution in [0.25, 0.3) is 0 Å². The van der Waals surface area contributed by atoms with E-state index < -0.39 is 12.2 Å². The van der Waals surface area contributed by atoms with Crippen molar-refractivity contribution in [1.29, 1.82) is 0 Å². The van der Waals surface area contributed by atoms with Crippen LogP contribution in [0.4, 0.5) is 0 Å². The lowest BCUT2D eigenvalue weighted by Crippen LogP contribution is -2.19. The highest BCUT2D eigenvalue weighted by Crippen LogP contribution is 2.22. The van der Waals surface area contributed by atoms with E-state index in [1.54, 1.807) is 0 Å². The van der Waals surface area contributed by atoms with Crippen molar-refractivity contribution in [3.05, 3.63) is 35.4 Å². The van der Waals surface area contributed by atoms with E-state index in [-0.39, 0.29) is 0 Å². The molecule has 0 aliphatic heterocycles.